The molecule has 1 N–H and O–H groups in total. The minimum absolute atomic E-state index is 0.0818. The largest absolute Gasteiger partial charge is 0.497 e. The molecule has 0 spiro atoms. The zero-order chi connectivity index (χ0) is 30.2. The highest BCUT2D eigenvalue weighted by Crippen LogP contribution is 2.26. The summed E-state index contributed by atoms with van der Waals surface area (Å²) >= 11 is 3.45. The van der Waals surface area contributed by atoms with Gasteiger partial charge in [-0.15, -0.1) is 0 Å². The number of benzene rings is 3. The van der Waals surface area contributed by atoms with Crippen LogP contribution in [0.2, 0.25) is 0 Å². The number of aryl methyl sites for hydroxylation is 1. The van der Waals surface area contributed by atoms with Crippen molar-refractivity contribution in [2.24, 2.45) is 0 Å². The predicted molar refractivity (Wildman–Crippen MR) is 166 cm³/mol. The Hall–Kier alpha value is -3.37. The first-order valence-electron chi connectivity index (χ1n) is 13.4. The molecule has 2 amide bonds. The van der Waals surface area contributed by atoms with Gasteiger partial charge in [-0.2, -0.15) is 0 Å². The molecule has 0 bridgehead atoms. The van der Waals surface area contributed by atoms with E-state index in [9.17, 15) is 18.0 Å². The van der Waals surface area contributed by atoms with Crippen molar-refractivity contribution in [1.82, 2.24) is 10.2 Å². The lowest BCUT2D eigenvalue weighted by atomic mass is 10.0. The number of rotatable bonds is 13. The van der Waals surface area contributed by atoms with E-state index in [0.29, 0.717) is 11.4 Å². The van der Waals surface area contributed by atoms with E-state index >= 15 is 0 Å². The highest BCUT2D eigenvalue weighted by atomic mass is 79.9. The fourth-order valence-corrected chi connectivity index (χ4v) is 5.45. The summed E-state index contributed by atoms with van der Waals surface area (Å²) in [5, 5.41) is 3.03. The summed E-state index contributed by atoms with van der Waals surface area (Å²) in [6.45, 7) is 5.34. The van der Waals surface area contributed by atoms with E-state index in [1.807, 2.05) is 63.2 Å². The van der Waals surface area contributed by atoms with Gasteiger partial charge in [-0.05, 0) is 67.3 Å². The minimum Gasteiger partial charge on any atom is -0.497 e. The van der Waals surface area contributed by atoms with Gasteiger partial charge in [0, 0.05) is 23.5 Å². The first kappa shape index (κ1) is 32.1. The SMILES string of the molecule is CC[C@H](C)NC(=O)[C@@H](Cc1ccccc1)N(Cc1cccc(OC)c1)C(=O)CN(c1ccc(Br)c(C)c1)S(C)(=O)=O. The van der Waals surface area contributed by atoms with E-state index in [2.05, 4.69) is 21.2 Å². The summed E-state index contributed by atoms with van der Waals surface area (Å²) in [5.74, 6) is -0.189. The second-order valence-corrected chi connectivity index (χ2v) is 12.9. The number of methoxy groups -OCH3 is 1. The highest BCUT2D eigenvalue weighted by Gasteiger charge is 2.33. The van der Waals surface area contributed by atoms with Gasteiger partial charge in [0.2, 0.25) is 21.8 Å². The van der Waals surface area contributed by atoms with Crippen LogP contribution in [0, 0.1) is 6.92 Å². The van der Waals surface area contributed by atoms with Crippen LogP contribution in [0.5, 0.6) is 5.75 Å². The van der Waals surface area contributed by atoms with Crippen molar-refractivity contribution in [2.75, 3.05) is 24.2 Å². The van der Waals surface area contributed by atoms with Gasteiger partial charge < -0.3 is 15.0 Å². The molecular weight excluding hydrogens is 606 g/mol. The zero-order valence-corrected chi connectivity index (χ0v) is 26.5. The molecule has 3 aromatic carbocycles. The minimum atomic E-state index is -3.84. The molecule has 3 aromatic rings. The summed E-state index contributed by atoms with van der Waals surface area (Å²) in [6, 6.07) is 20.9. The molecule has 0 aliphatic carbocycles. The zero-order valence-electron chi connectivity index (χ0n) is 24.1. The normalized spacial score (nSPS) is 12.7. The van der Waals surface area contributed by atoms with Crippen molar-refractivity contribution >= 4 is 43.5 Å². The number of hydrogen-bond acceptors (Lipinski definition) is 5. The maximum atomic E-state index is 14.2. The number of sulfonamides is 1. The summed E-state index contributed by atoms with van der Waals surface area (Å²) in [6.07, 6.45) is 2.05. The number of nitrogens with one attached hydrogen (secondary N) is 1. The number of anilines is 1. The van der Waals surface area contributed by atoms with Crippen molar-refractivity contribution in [3.8, 4) is 5.75 Å². The molecule has 0 aliphatic heterocycles. The Morgan fingerprint density at radius 1 is 1.00 bits per heavy atom. The molecule has 8 nitrogen and oxygen atoms in total. The second kappa shape index (κ2) is 14.5. The monoisotopic (exact) mass is 643 g/mol. The number of nitrogens with zero attached hydrogens (tertiary/aromatic N) is 2. The van der Waals surface area contributed by atoms with E-state index < -0.39 is 28.5 Å². The molecule has 220 valence electrons. The Morgan fingerprint density at radius 3 is 2.29 bits per heavy atom. The van der Waals surface area contributed by atoms with Gasteiger partial charge in [0.25, 0.3) is 0 Å². The van der Waals surface area contributed by atoms with E-state index in [1.54, 1.807) is 37.4 Å². The molecule has 0 saturated carbocycles. The fraction of sp³-hybridized carbons (Fsp3) is 0.355. The lowest BCUT2D eigenvalue weighted by Gasteiger charge is -2.34. The smallest absolute Gasteiger partial charge is 0.244 e. The fourth-order valence-electron chi connectivity index (χ4n) is 4.36. The van der Waals surface area contributed by atoms with Crippen LogP contribution in [0.3, 0.4) is 0 Å². The lowest BCUT2D eigenvalue weighted by Crippen LogP contribution is -2.54. The second-order valence-electron chi connectivity index (χ2n) is 10.1. The Kier molecular flexibility index (Phi) is 11.4. The van der Waals surface area contributed by atoms with Crippen molar-refractivity contribution in [2.45, 2.75) is 52.2 Å². The Labute approximate surface area is 251 Å². The molecule has 3 rings (SSSR count). The van der Waals surface area contributed by atoms with Crippen molar-refractivity contribution in [3.63, 3.8) is 0 Å². The highest BCUT2D eigenvalue weighted by molar-refractivity contribution is 9.10. The maximum Gasteiger partial charge on any atom is 0.244 e. The number of amides is 2. The lowest BCUT2D eigenvalue weighted by molar-refractivity contribution is -0.140. The van der Waals surface area contributed by atoms with E-state index in [-0.39, 0.29) is 24.9 Å². The molecule has 0 saturated heterocycles. The Bertz CT molecular complexity index is 1450. The van der Waals surface area contributed by atoms with Crippen LogP contribution in [0.4, 0.5) is 5.69 Å². The van der Waals surface area contributed by atoms with Gasteiger partial charge in [-0.25, -0.2) is 8.42 Å². The summed E-state index contributed by atoms with van der Waals surface area (Å²) in [5.41, 5.74) is 2.82. The topological polar surface area (TPSA) is 96.0 Å². The molecular formula is C31H38BrN3O5S. The third kappa shape index (κ3) is 9.06. The van der Waals surface area contributed by atoms with E-state index in [1.165, 1.54) is 4.90 Å². The third-order valence-electron chi connectivity index (χ3n) is 6.87. The molecule has 10 heteroatoms. The molecule has 0 heterocycles. The number of carbonyl (C=O) groups is 2. The van der Waals surface area contributed by atoms with Gasteiger partial charge in [0.15, 0.2) is 0 Å². The van der Waals surface area contributed by atoms with Gasteiger partial charge in [-0.3, -0.25) is 13.9 Å². The Balaban J connectivity index is 2.08. The average Bonchev–Trinajstić information content (AvgIpc) is 2.94. The van der Waals surface area contributed by atoms with E-state index in [0.717, 1.165) is 38.1 Å². The first-order chi connectivity index (χ1) is 19.4. The van der Waals surface area contributed by atoms with Crippen LogP contribution in [-0.4, -0.2) is 57.1 Å². The number of halogens is 1. The summed E-state index contributed by atoms with van der Waals surface area (Å²) in [7, 11) is -2.28. The van der Waals surface area contributed by atoms with Crippen LogP contribution in [0.15, 0.2) is 77.3 Å². The molecule has 2 atom stereocenters. The Morgan fingerprint density at radius 2 is 1.68 bits per heavy atom. The third-order valence-corrected chi connectivity index (χ3v) is 8.90. The van der Waals surface area contributed by atoms with Crippen molar-refractivity contribution in [1.29, 1.82) is 0 Å². The predicted octanol–water partition coefficient (Wildman–Crippen LogP) is 5.09. The van der Waals surface area contributed by atoms with Crippen molar-refractivity contribution < 1.29 is 22.7 Å². The molecule has 41 heavy (non-hydrogen) atoms. The van der Waals surface area contributed by atoms with Gasteiger partial charge >= 0.3 is 0 Å². The van der Waals surface area contributed by atoms with Gasteiger partial charge in [-0.1, -0.05) is 65.3 Å². The molecule has 0 radical (unpaired) electrons. The van der Waals surface area contributed by atoms with Crippen LogP contribution >= 0.6 is 15.9 Å². The summed E-state index contributed by atoms with van der Waals surface area (Å²) in [4.78, 5) is 29.4. The molecule has 0 aromatic heterocycles. The van der Waals surface area contributed by atoms with Crippen LogP contribution in [0.25, 0.3) is 0 Å². The van der Waals surface area contributed by atoms with Crippen LogP contribution < -0.4 is 14.4 Å². The average molecular weight is 645 g/mol. The number of hydrogen-bond donors (Lipinski definition) is 1. The summed E-state index contributed by atoms with van der Waals surface area (Å²) < 4.78 is 33.2. The maximum absolute atomic E-state index is 14.2. The number of carbonyl (C=O) groups excluding carboxylic acids is 2. The standard InChI is InChI=1S/C31H38BrN3O5S/c1-6-23(3)33-31(37)29(19-24-11-8-7-9-12-24)34(20-25-13-10-14-27(18-25)40-4)30(36)21-35(41(5,38)39)26-15-16-28(32)22(2)17-26/h7-18,23,29H,6,19-21H2,1-5H3,(H,33,37)/t23-,29+/m0/s1. The number of ether oxygens (including phenoxy) is 1. The first-order valence-corrected chi connectivity index (χ1v) is 16.1. The van der Waals surface area contributed by atoms with Crippen molar-refractivity contribution in [3.05, 3.63) is 94.0 Å². The van der Waals surface area contributed by atoms with Crippen LogP contribution in [0.1, 0.15) is 37.0 Å². The van der Waals surface area contributed by atoms with Crippen LogP contribution in [-0.2, 0) is 32.6 Å². The van der Waals surface area contributed by atoms with E-state index in [4.69, 9.17) is 4.74 Å². The molecule has 0 unspecified atom stereocenters. The molecule has 0 fully saturated rings. The van der Waals surface area contributed by atoms with Gasteiger partial charge in [0.05, 0.1) is 19.1 Å². The quantitative estimate of drug-likeness (QED) is 0.280. The molecule has 0 aliphatic rings. The van der Waals surface area contributed by atoms with Gasteiger partial charge in [0.1, 0.15) is 18.3 Å².